The van der Waals surface area contributed by atoms with Crippen LogP contribution < -0.4 is 19.1 Å². The molecule has 0 radical (unpaired) electrons. The lowest BCUT2D eigenvalue weighted by Crippen LogP contribution is -2.48. The number of benzene rings is 2. The van der Waals surface area contributed by atoms with Crippen LogP contribution in [0.15, 0.2) is 36.4 Å². The van der Waals surface area contributed by atoms with Crippen LogP contribution in [0.25, 0.3) is 0 Å². The number of ether oxygens (including phenoxy) is 3. The fraction of sp³-hybridized carbons (Fsp3) is 0.364. The molecule has 0 atom stereocenters. The Morgan fingerprint density at radius 2 is 1.45 bits per heavy atom. The molecule has 0 saturated carbocycles. The fourth-order valence-electron chi connectivity index (χ4n) is 3.48. The molecule has 7 nitrogen and oxygen atoms in total. The lowest BCUT2D eigenvalue weighted by molar-refractivity contribution is 0.0745. The summed E-state index contributed by atoms with van der Waals surface area (Å²) in [4.78, 5) is 28.7. The summed E-state index contributed by atoms with van der Waals surface area (Å²) in [6.45, 7) is 4.11. The highest BCUT2D eigenvalue weighted by Gasteiger charge is 2.25. The van der Waals surface area contributed by atoms with E-state index in [0.717, 1.165) is 5.69 Å². The van der Waals surface area contributed by atoms with Crippen LogP contribution in [0.2, 0.25) is 0 Å². The zero-order valence-electron chi connectivity index (χ0n) is 17.2. The van der Waals surface area contributed by atoms with Gasteiger partial charge < -0.3 is 24.0 Å². The first kappa shape index (κ1) is 20.5. The van der Waals surface area contributed by atoms with Gasteiger partial charge in [0, 0.05) is 43.0 Å². The Morgan fingerprint density at radius 3 is 1.97 bits per heavy atom. The average Bonchev–Trinajstić information content (AvgIpc) is 2.77. The third kappa shape index (κ3) is 4.29. The van der Waals surface area contributed by atoms with Crippen LogP contribution in [-0.4, -0.2) is 64.1 Å². The van der Waals surface area contributed by atoms with Gasteiger partial charge in [-0.15, -0.1) is 0 Å². The van der Waals surface area contributed by atoms with E-state index >= 15 is 0 Å². The minimum absolute atomic E-state index is 0.0445. The molecule has 0 aliphatic carbocycles. The largest absolute Gasteiger partial charge is 0.493 e. The number of anilines is 1. The third-order valence-electron chi connectivity index (χ3n) is 5.10. The second kappa shape index (κ2) is 8.86. The van der Waals surface area contributed by atoms with E-state index in [9.17, 15) is 9.59 Å². The van der Waals surface area contributed by atoms with Crippen molar-refractivity contribution in [3.05, 3.63) is 47.5 Å². The molecule has 2 aromatic carbocycles. The van der Waals surface area contributed by atoms with E-state index in [1.54, 1.807) is 19.1 Å². The number of rotatable bonds is 6. The molecular weight excluding hydrogens is 372 g/mol. The van der Waals surface area contributed by atoms with Gasteiger partial charge in [-0.2, -0.15) is 0 Å². The summed E-state index contributed by atoms with van der Waals surface area (Å²) in [5, 5.41) is 0. The first-order valence-electron chi connectivity index (χ1n) is 9.43. The highest BCUT2D eigenvalue weighted by Crippen LogP contribution is 2.38. The molecular formula is C22H26N2O5. The van der Waals surface area contributed by atoms with Crippen LogP contribution in [0.4, 0.5) is 5.69 Å². The molecule has 1 aliphatic rings. The molecule has 154 valence electrons. The first-order chi connectivity index (χ1) is 14.0. The summed E-state index contributed by atoms with van der Waals surface area (Å²) >= 11 is 0. The molecule has 3 rings (SSSR count). The van der Waals surface area contributed by atoms with Gasteiger partial charge in [0.15, 0.2) is 17.3 Å². The van der Waals surface area contributed by atoms with Crippen molar-refractivity contribution < 1.29 is 23.8 Å². The Hall–Kier alpha value is -3.22. The second-order valence-electron chi connectivity index (χ2n) is 6.80. The first-order valence-corrected chi connectivity index (χ1v) is 9.43. The molecule has 1 heterocycles. The summed E-state index contributed by atoms with van der Waals surface area (Å²) < 4.78 is 16.0. The Labute approximate surface area is 170 Å². The summed E-state index contributed by atoms with van der Waals surface area (Å²) in [6, 6.07) is 10.9. The fourth-order valence-corrected chi connectivity index (χ4v) is 3.48. The lowest BCUT2D eigenvalue weighted by atomic mass is 10.1. The van der Waals surface area contributed by atoms with Crippen molar-refractivity contribution >= 4 is 17.4 Å². The third-order valence-corrected chi connectivity index (χ3v) is 5.10. The molecule has 1 aliphatic heterocycles. The van der Waals surface area contributed by atoms with Crippen LogP contribution in [0.3, 0.4) is 0 Å². The van der Waals surface area contributed by atoms with Crippen molar-refractivity contribution in [1.29, 1.82) is 0 Å². The van der Waals surface area contributed by atoms with Gasteiger partial charge in [0.25, 0.3) is 5.91 Å². The maximum Gasteiger partial charge on any atom is 0.254 e. The molecule has 0 unspecified atom stereocenters. The Balaban J connectivity index is 1.73. The monoisotopic (exact) mass is 398 g/mol. The summed E-state index contributed by atoms with van der Waals surface area (Å²) in [7, 11) is 4.58. The molecule has 0 bridgehead atoms. The van der Waals surface area contributed by atoms with E-state index in [-0.39, 0.29) is 11.7 Å². The number of amides is 1. The molecule has 29 heavy (non-hydrogen) atoms. The number of nitrogens with zero attached hydrogens (tertiary/aromatic N) is 2. The smallest absolute Gasteiger partial charge is 0.254 e. The van der Waals surface area contributed by atoms with Crippen LogP contribution in [0.1, 0.15) is 27.6 Å². The van der Waals surface area contributed by atoms with Crippen molar-refractivity contribution in [2.45, 2.75) is 6.92 Å². The molecule has 1 fully saturated rings. The minimum atomic E-state index is -0.0820. The standard InChI is InChI=1S/C22H26N2O5/c1-15(25)16-6-5-7-18(12-16)23-8-10-24(11-9-23)22(26)17-13-19(27-2)21(29-4)20(14-17)28-3/h5-7,12-14H,8-11H2,1-4H3. The van der Waals surface area contributed by atoms with Crippen molar-refractivity contribution in [1.82, 2.24) is 4.90 Å². The quantitative estimate of drug-likeness (QED) is 0.697. The van der Waals surface area contributed by atoms with E-state index in [0.29, 0.717) is 54.6 Å². The number of methoxy groups -OCH3 is 3. The number of carbonyl (C=O) groups excluding carboxylic acids is 2. The van der Waals surface area contributed by atoms with Gasteiger partial charge in [0.2, 0.25) is 5.75 Å². The second-order valence-corrected chi connectivity index (χ2v) is 6.80. The maximum atomic E-state index is 13.0. The predicted molar refractivity (Wildman–Crippen MR) is 111 cm³/mol. The zero-order valence-corrected chi connectivity index (χ0v) is 17.2. The summed E-state index contributed by atoms with van der Waals surface area (Å²) in [5.74, 6) is 1.33. The number of Topliss-reactive ketones (excluding diaryl/α,β-unsaturated/α-hetero) is 1. The number of ketones is 1. The molecule has 2 aromatic rings. The van der Waals surface area contributed by atoms with Crippen molar-refractivity contribution in [3.63, 3.8) is 0 Å². The van der Waals surface area contributed by atoms with E-state index in [1.165, 1.54) is 21.3 Å². The van der Waals surface area contributed by atoms with E-state index in [1.807, 2.05) is 29.2 Å². The molecule has 7 heteroatoms. The van der Waals surface area contributed by atoms with Crippen LogP contribution in [0, 0.1) is 0 Å². The van der Waals surface area contributed by atoms with Crippen molar-refractivity contribution in [2.24, 2.45) is 0 Å². The summed E-state index contributed by atoms with van der Waals surface area (Å²) in [5.41, 5.74) is 2.18. The van der Waals surface area contributed by atoms with Gasteiger partial charge >= 0.3 is 0 Å². The summed E-state index contributed by atoms with van der Waals surface area (Å²) in [6.07, 6.45) is 0. The normalized spacial score (nSPS) is 13.8. The van der Waals surface area contributed by atoms with Gasteiger partial charge in [-0.1, -0.05) is 12.1 Å². The highest BCUT2D eigenvalue weighted by atomic mass is 16.5. The van der Waals surface area contributed by atoms with Gasteiger partial charge in [-0.3, -0.25) is 9.59 Å². The molecule has 1 saturated heterocycles. The van der Waals surface area contributed by atoms with Crippen LogP contribution in [-0.2, 0) is 0 Å². The number of piperazine rings is 1. The average molecular weight is 398 g/mol. The van der Waals surface area contributed by atoms with Crippen molar-refractivity contribution in [3.8, 4) is 17.2 Å². The molecule has 0 aromatic heterocycles. The minimum Gasteiger partial charge on any atom is -0.493 e. The Bertz CT molecular complexity index is 879. The molecule has 0 N–H and O–H groups in total. The van der Waals surface area contributed by atoms with Crippen molar-refractivity contribution in [2.75, 3.05) is 52.4 Å². The van der Waals surface area contributed by atoms with Gasteiger partial charge in [0.1, 0.15) is 0 Å². The van der Waals surface area contributed by atoms with Crippen LogP contribution in [0.5, 0.6) is 17.2 Å². The van der Waals surface area contributed by atoms with Crippen LogP contribution >= 0.6 is 0 Å². The molecule has 1 amide bonds. The Morgan fingerprint density at radius 1 is 0.828 bits per heavy atom. The highest BCUT2D eigenvalue weighted by molar-refractivity contribution is 5.96. The maximum absolute atomic E-state index is 13.0. The van der Waals surface area contributed by atoms with Gasteiger partial charge in [-0.25, -0.2) is 0 Å². The Kier molecular flexibility index (Phi) is 6.26. The topological polar surface area (TPSA) is 68.3 Å². The SMILES string of the molecule is COc1cc(C(=O)N2CCN(c3cccc(C(C)=O)c3)CC2)cc(OC)c1OC. The van der Waals surface area contributed by atoms with E-state index < -0.39 is 0 Å². The zero-order chi connectivity index (χ0) is 21.0. The predicted octanol–water partition coefficient (Wildman–Crippen LogP) is 2.88. The molecule has 0 spiro atoms. The number of hydrogen-bond acceptors (Lipinski definition) is 6. The number of hydrogen-bond donors (Lipinski definition) is 0. The number of carbonyl (C=O) groups is 2. The van der Waals surface area contributed by atoms with E-state index in [4.69, 9.17) is 14.2 Å². The van der Waals surface area contributed by atoms with Gasteiger partial charge in [0.05, 0.1) is 21.3 Å². The van der Waals surface area contributed by atoms with E-state index in [2.05, 4.69) is 4.90 Å². The van der Waals surface area contributed by atoms with Gasteiger partial charge in [-0.05, 0) is 31.2 Å². The lowest BCUT2D eigenvalue weighted by Gasteiger charge is -2.36.